The summed E-state index contributed by atoms with van der Waals surface area (Å²) in [5.74, 6) is -0.668. The second-order valence-electron chi connectivity index (χ2n) is 2.54. The quantitative estimate of drug-likeness (QED) is 0.452. The van der Waals surface area contributed by atoms with Crippen LogP contribution < -0.4 is 5.32 Å². The van der Waals surface area contributed by atoms with E-state index in [1.54, 1.807) is 30.6 Å². The van der Waals surface area contributed by atoms with Crippen LogP contribution in [0.1, 0.15) is 0 Å². The van der Waals surface area contributed by atoms with Crippen LogP contribution in [0.25, 0.3) is 0 Å². The topological polar surface area (TPSA) is 75.0 Å². The molecule has 0 fully saturated rings. The van der Waals surface area contributed by atoms with Gasteiger partial charge < -0.3 is 10.1 Å². The molecule has 0 aliphatic rings. The number of ether oxygens (including phenoxy) is 1. The van der Waals surface area contributed by atoms with Crippen molar-refractivity contribution in [1.82, 2.24) is 4.98 Å². The molecule has 0 saturated heterocycles. The summed E-state index contributed by atoms with van der Waals surface area (Å²) in [4.78, 5) is 14.8. The van der Waals surface area contributed by atoms with Gasteiger partial charge in [0.25, 0.3) is 0 Å². The number of carbonyl (C=O) groups is 1. The molecule has 1 aromatic heterocycles. The maximum Gasteiger partial charge on any atom is 0.350 e. The molecule has 0 bridgehead atoms. The zero-order chi connectivity index (χ0) is 11.1. The van der Waals surface area contributed by atoms with E-state index in [2.05, 4.69) is 15.0 Å². The van der Waals surface area contributed by atoms with Gasteiger partial charge in [-0.1, -0.05) is 0 Å². The molecule has 76 valence electrons. The lowest BCUT2D eigenvalue weighted by atomic mass is 10.3. The Balaban J connectivity index is 2.72. The minimum Gasteiger partial charge on any atom is -0.465 e. The largest absolute Gasteiger partial charge is 0.465 e. The van der Waals surface area contributed by atoms with Gasteiger partial charge in [0.2, 0.25) is 0 Å². The van der Waals surface area contributed by atoms with E-state index >= 15 is 0 Å². The van der Waals surface area contributed by atoms with E-state index in [9.17, 15) is 4.79 Å². The normalized spacial score (nSPS) is 10.3. The standard InChI is InChI=1S/C10H9N3O2/c1-15-10(14)8(6-11)7-13-9-2-4-12-5-3-9/h2-5,7H,1H3,(H,12,13)/b8-7+. The molecule has 1 rings (SSSR count). The molecule has 15 heavy (non-hydrogen) atoms. The molecule has 0 saturated carbocycles. The Hall–Kier alpha value is -2.35. The number of carbonyl (C=O) groups excluding carboxylic acids is 1. The summed E-state index contributed by atoms with van der Waals surface area (Å²) in [7, 11) is 1.22. The Kier molecular flexibility index (Phi) is 3.86. The molecule has 1 aromatic rings. The second-order valence-corrected chi connectivity index (χ2v) is 2.54. The molecule has 0 aliphatic heterocycles. The van der Waals surface area contributed by atoms with Crippen LogP contribution in [-0.4, -0.2) is 18.1 Å². The van der Waals surface area contributed by atoms with Gasteiger partial charge in [0.15, 0.2) is 5.57 Å². The Morgan fingerprint density at radius 1 is 1.60 bits per heavy atom. The van der Waals surface area contributed by atoms with Crippen LogP contribution in [0.5, 0.6) is 0 Å². The van der Waals surface area contributed by atoms with E-state index in [0.717, 1.165) is 5.69 Å². The molecule has 0 unspecified atom stereocenters. The number of pyridine rings is 1. The number of hydrogen-bond acceptors (Lipinski definition) is 5. The highest BCUT2D eigenvalue weighted by molar-refractivity contribution is 5.92. The summed E-state index contributed by atoms with van der Waals surface area (Å²) < 4.78 is 4.41. The fourth-order valence-corrected chi connectivity index (χ4v) is 0.850. The van der Waals surface area contributed by atoms with Gasteiger partial charge in [-0.25, -0.2) is 4.79 Å². The first-order valence-corrected chi connectivity index (χ1v) is 4.13. The van der Waals surface area contributed by atoms with Crippen molar-refractivity contribution in [3.63, 3.8) is 0 Å². The van der Waals surface area contributed by atoms with Crippen molar-refractivity contribution in [2.75, 3.05) is 12.4 Å². The Morgan fingerprint density at radius 2 is 2.27 bits per heavy atom. The zero-order valence-electron chi connectivity index (χ0n) is 8.10. The molecular weight excluding hydrogens is 194 g/mol. The molecular formula is C10H9N3O2. The van der Waals surface area contributed by atoms with Crippen molar-refractivity contribution in [2.24, 2.45) is 0 Å². The van der Waals surface area contributed by atoms with Gasteiger partial charge in [-0.2, -0.15) is 5.26 Å². The van der Waals surface area contributed by atoms with Crippen LogP contribution in [0.3, 0.4) is 0 Å². The Morgan fingerprint density at radius 3 is 2.80 bits per heavy atom. The lowest BCUT2D eigenvalue weighted by molar-refractivity contribution is -0.135. The fourth-order valence-electron chi connectivity index (χ4n) is 0.850. The third kappa shape index (κ3) is 3.12. The highest BCUT2D eigenvalue weighted by atomic mass is 16.5. The minimum atomic E-state index is -0.668. The highest BCUT2D eigenvalue weighted by Gasteiger charge is 2.07. The number of nitrogens with zero attached hydrogens (tertiary/aromatic N) is 2. The lowest BCUT2D eigenvalue weighted by Gasteiger charge is -2.00. The monoisotopic (exact) mass is 203 g/mol. The summed E-state index contributed by atoms with van der Waals surface area (Å²) in [6, 6.07) is 5.15. The first kappa shape index (κ1) is 10.7. The van der Waals surface area contributed by atoms with Gasteiger partial charge >= 0.3 is 5.97 Å². The molecule has 0 amide bonds. The maximum atomic E-state index is 11.0. The maximum absolute atomic E-state index is 11.0. The molecule has 1 N–H and O–H groups in total. The van der Waals surface area contributed by atoms with Gasteiger partial charge in [-0.05, 0) is 12.1 Å². The molecule has 0 aliphatic carbocycles. The molecule has 0 radical (unpaired) electrons. The number of esters is 1. The molecule has 0 aromatic carbocycles. The van der Waals surface area contributed by atoms with E-state index in [0.29, 0.717) is 0 Å². The van der Waals surface area contributed by atoms with E-state index < -0.39 is 5.97 Å². The van der Waals surface area contributed by atoms with Gasteiger partial charge in [-0.15, -0.1) is 0 Å². The van der Waals surface area contributed by atoms with Crippen molar-refractivity contribution in [1.29, 1.82) is 5.26 Å². The third-order valence-corrected chi connectivity index (χ3v) is 1.59. The van der Waals surface area contributed by atoms with E-state index in [-0.39, 0.29) is 5.57 Å². The Bertz CT molecular complexity index is 406. The predicted molar refractivity (Wildman–Crippen MR) is 53.6 cm³/mol. The third-order valence-electron chi connectivity index (χ3n) is 1.59. The van der Waals surface area contributed by atoms with Crippen LogP contribution in [0.4, 0.5) is 5.69 Å². The number of nitrogens with one attached hydrogen (secondary N) is 1. The number of aromatic nitrogens is 1. The van der Waals surface area contributed by atoms with Crippen molar-refractivity contribution >= 4 is 11.7 Å². The van der Waals surface area contributed by atoms with Gasteiger partial charge in [0.05, 0.1) is 7.11 Å². The van der Waals surface area contributed by atoms with Crippen molar-refractivity contribution < 1.29 is 9.53 Å². The van der Waals surface area contributed by atoms with Crippen molar-refractivity contribution in [3.8, 4) is 6.07 Å². The first-order valence-electron chi connectivity index (χ1n) is 4.13. The van der Waals surface area contributed by atoms with E-state index in [1.807, 2.05) is 0 Å². The average molecular weight is 203 g/mol. The van der Waals surface area contributed by atoms with E-state index in [4.69, 9.17) is 5.26 Å². The van der Waals surface area contributed by atoms with Crippen LogP contribution in [0.15, 0.2) is 36.3 Å². The smallest absolute Gasteiger partial charge is 0.350 e. The second kappa shape index (κ2) is 5.40. The zero-order valence-corrected chi connectivity index (χ0v) is 8.10. The fraction of sp³-hybridized carbons (Fsp3) is 0.100. The van der Waals surface area contributed by atoms with Gasteiger partial charge in [-0.3, -0.25) is 4.98 Å². The number of rotatable bonds is 3. The molecule has 5 heteroatoms. The summed E-state index contributed by atoms with van der Waals surface area (Å²) in [5.41, 5.74) is 0.649. The van der Waals surface area contributed by atoms with Crippen LogP contribution in [0, 0.1) is 11.3 Å². The minimum absolute atomic E-state index is 0.0886. The molecule has 1 heterocycles. The van der Waals surface area contributed by atoms with Gasteiger partial charge in [0, 0.05) is 24.3 Å². The average Bonchev–Trinajstić information content (AvgIpc) is 2.31. The summed E-state index contributed by atoms with van der Waals surface area (Å²) in [6.07, 6.45) is 4.49. The molecule has 5 nitrogen and oxygen atoms in total. The number of nitriles is 1. The molecule has 0 atom stereocenters. The van der Waals surface area contributed by atoms with Crippen LogP contribution in [0.2, 0.25) is 0 Å². The SMILES string of the molecule is COC(=O)/C(C#N)=C/Nc1ccncc1. The summed E-state index contributed by atoms with van der Waals surface area (Å²) in [5, 5.41) is 11.4. The summed E-state index contributed by atoms with van der Waals surface area (Å²) >= 11 is 0. The first-order chi connectivity index (χ1) is 7.27. The van der Waals surface area contributed by atoms with E-state index in [1.165, 1.54) is 13.3 Å². The lowest BCUT2D eigenvalue weighted by Crippen LogP contribution is -2.05. The number of methoxy groups -OCH3 is 1. The van der Waals surface area contributed by atoms with Crippen LogP contribution >= 0.6 is 0 Å². The molecule has 0 spiro atoms. The van der Waals surface area contributed by atoms with Crippen LogP contribution in [-0.2, 0) is 9.53 Å². The van der Waals surface area contributed by atoms with Crippen molar-refractivity contribution in [3.05, 3.63) is 36.3 Å². The summed E-state index contributed by atoms with van der Waals surface area (Å²) in [6.45, 7) is 0. The number of anilines is 1. The number of hydrogen-bond donors (Lipinski definition) is 1. The Labute approximate surface area is 87.0 Å². The highest BCUT2D eigenvalue weighted by Crippen LogP contribution is 2.04. The predicted octanol–water partition coefficient (Wildman–Crippen LogP) is 1.07. The van der Waals surface area contributed by atoms with Crippen molar-refractivity contribution in [2.45, 2.75) is 0 Å². The van der Waals surface area contributed by atoms with Gasteiger partial charge in [0.1, 0.15) is 6.07 Å².